The molecule has 2 aromatic carbocycles. The average molecular weight is 574 g/mol. The van der Waals surface area contributed by atoms with Gasteiger partial charge in [-0.15, -0.1) is 24.8 Å². The highest BCUT2D eigenvalue weighted by Gasteiger charge is 2.29. The van der Waals surface area contributed by atoms with Crippen LogP contribution in [0.5, 0.6) is 0 Å². The summed E-state index contributed by atoms with van der Waals surface area (Å²) in [5.41, 5.74) is 0.952. The van der Waals surface area contributed by atoms with E-state index in [2.05, 4.69) is 9.80 Å². The van der Waals surface area contributed by atoms with Crippen molar-refractivity contribution in [1.82, 2.24) is 9.80 Å². The molecule has 2 aromatic rings. The average Bonchev–Trinajstić information content (AvgIpc) is 2.91. The van der Waals surface area contributed by atoms with Gasteiger partial charge in [0.15, 0.2) is 11.6 Å². The van der Waals surface area contributed by atoms with Crippen LogP contribution < -0.4 is 0 Å². The normalized spacial score (nSPS) is 18.1. The van der Waals surface area contributed by atoms with Crippen LogP contribution in [-0.2, 0) is 9.47 Å². The smallest absolute Gasteiger partial charge is 0.167 e. The maximum atomic E-state index is 13.5. The second kappa shape index (κ2) is 16.2. The summed E-state index contributed by atoms with van der Waals surface area (Å²) in [6.07, 6.45) is 1.05. The molecule has 2 aliphatic rings. The second-order valence-corrected chi connectivity index (χ2v) is 9.54. The molecule has 2 aliphatic heterocycles. The van der Waals surface area contributed by atoms with Gasteiger partial charge in [0.25, 0.3) is 0 Å². The van der Waals surface area contributed by atoms with E-state index < -0.39 is 0 Å². The van der Waals surface area contributed by atoms with Crippen molar-refractivity contribution in [2.45, 2.75) is 12.8 Å². The van der Waals surface area contributed by atoms with Crippen molar-refractivity contribution < 1.29 is 27.8 Å². The lowest BCUT2D eigenvalue weighted by Crippen LogP contribution is -2.42. The van der Waals surface area contributed by atoms with Gasteiger partial charge in [-0.3, -0.25) is 19.4 Å². The minimum absolute atomic E-state index is 0. The van der Waals surface area contributed by atoms with Crippen molar-refractivity contribution in [3.8, 4) is 0 Å². The molecule has 0 saturated carbocycles. The summed E-state index contributed by atoms with van der Waals surface area (Å²) in [4.78, 5) is 31.4. The SMILES string of the molecule is Cl.Cl.O=C(c1ccc(F)cc1)C(CCC(CN1CCOCC1)C(=O)c1ccc(F)cc1)CN1CCOCC1. The molecule has 0 aliphatic carbocycles. The van der Waals surface area contributed by atoms with E-state index in [-0.39, 0.29) is 59.9 Å². The van der Waals surface area contributed by atoms with E-state index in [0.717, 1.165) is 26.2 Å². The Morgan fingerprint density at radius 1 is 0.632 bits per heavy atom. The predicted molar refractivity (Wildman–Crippen MR) is 147 cm³/mol. The standard InChI is InChI=1S/C28H34F2N2O4.2ClH/c29-25-7-3-21(4-8-25)27(33)23(19-31-11-15-35-16-12-31)1-2-24(20-32-13-17-36-18-14-32)28(34)22-5-9-26(30)10-6-22;;/h3-10,23-24H,1-2,11-20H2;2*1H. The Morgan fingerprint density at radius 2 is 0.947 bits per heavy atom. The number of hydrogen-bond acceptors (Lipinski definition) is 6. The van der Waals surface area contributed by atoms with Gasteiger partial charge in [0.05, 0.1) is 26.4 Å². The first kappa shape index (κ1) is 32.3. The third kappa shape index (κ3) is 9.36. The Labute approximate surface area is 235 Å². The van der Waals surface area contributed by atoms with Crippen LogP contribution in [0.1, 0.15) is 33.6 Å². The summed E-state index contributed by atoms with van der Waals surface area (Å²) in [5, 5.41) is 0. The summed E-state index contributed by atoms with van der Waals surface area (Å²) in [6.45, 7) is 6.62. The number of carbonyl (C=O) groups excluding carboxylic acids is 2. The Hall–Kier alpha value is -1.94. The lowest BCUT2D eigenvalue weighted by Gasteiger charge is -2.32. The van der Waals surface area contributed by atoms with Crippen molar-refractivity contribution in [2.75, 3.05) is 65.7 Å². The molecule has 0 spiro atoms. The molecule has 2 heterocycles. The van der Waals surface area contributed by atoms with E-state index in [1.165, 1.54) is 48.5 Å². The highest BCUT2D eigenvalue weighted by molar-refractivity contribution is 5.99. The zero-order chi connectivity index (χ0) is 25.3. The van der Waals surface area contributed by atoms with Gasteiger partial charge >= 0.3 is 0 Å². The Bertz CT molecular complexity index is 917. The van der Waals surface area contributed by atoms with Crippen LogP contribution in [0.15, 0.2) is 48.5 Å². The highest BCUT2D eigenvalue weighted by Crippen LogP contribution is 2.24. The molecule has 0 amide bonds. The van der Waals surface area contributed by atoms with E-state index >= 15 is 0 Å². The predicted octanol–water partition coefficient (Wildman–Crippen LogP) is 4.55. The van der Waals surface area contributed by atoms with E-state index in [4.69, 9.17) is 9.47 Å². The van der Waals surface area contributed by atoms with Crippen LogP contribution in [0, 0.1) is 23.5 Å². The minimum atomic E-state index is -0.383. The van der Waals surface area contributed by atoms with Gasteiger partial charge in [-0.1, -0.05) is 0 Å². The molecule has 2 atom stereocenters. The topological polar surface area (TPSA) is 59.1 Å². The molecular formula is C28H36Cl2F2N2O4. The maximum Gasteiger partial charge on any atom is 0.167 e. The highest BCUT2D eigenvalue weighted by atomic mass is 35.5. The van der Waals surface area contributed by atoms with Gasteiger partial charge in [-0.25, -0.2) is 8.78 Å². The number of carbonyl (C=O) groups is 2. The first-order valence-corrected chi connectivity index (χ1v) is 12.7. The van der Waals surface area contributed by atoms with Crippen LogP contribution in [-0.4, -0.2) is 87.1 Å². The van der Waals surface area contributed by atoms with Crippen molar-refractivity contribution in [2.24, 2.45) is 11.8 Å². The zero-order valence-corrected chi connectivity index (χ0v) is 23.0. The fourth-order valence-electron chi connectivity index (χ4n) is 4.90. The molecule has 4 rings (SSSR count). The van der Waals surface area contributed by atoms with Crippen LogP contribution in [0.2, 0.25) is 0 Å². The molecule has 0 bridgehead atoms. The summed E-state index contributed by atoms with van der Waals surface area (Å²) < 4.78 is 37.8. The summed E-state index contributed by atoms with van der Waals surface area (Å²) in [6, 6.07) is 11.3. The first-order valence-electron chi connectivity index (χ1n) is 12.7. The molecule has 2 unspecified atom stereocenters. The Morgan fingerprint density at radius 3 is 1.26 bits per heavy atom. The van der Waals surface area contributed by atoms with Gasteiger partial charge in [-0.05, 0) is 61.4 Å². The number of halogens is 4. The van der Waals surface area contributed by atoms with Gasteiger partial charge < -0.3 is 9.47 Å². The van der Waals surface area contributed by atoms with E-state index in [1.54, 1.807) is 0 Å². The van der Waals surface area contributed by atoms with Crippen molar-refractivity contribution in [3.05, 3.63) is 71.3 Å². The molecule has 2 saturated heterocycles. The lowest BCUT2D eigenvalue weighted by atomic mass is 9.86. The molecule has 0 aromatic heterocycles. The Balaban J connectivity index is 0.00000253. The van der Waals surface area contributed by atoms with Crippen LogP contribution in [0.25, 0.3) is 0 Å². The van der Waals surface area contributed by atoms with Crippen molar-refractivity contribution in [1.29, 1.82) is 0 Å². The number of morpholine rings is 2. The fraction of sp³-hybridized carbons (Fsp3) is 0.500. The number of benzene rings is 2. The van der Waals surface area contributed by atoms with Crippen LogP contribution >= 0.6 is 24.8 Å². The van der Waals surface area contributed by atoms with Gasteiger partial charge in [0.2, 0.25) is 0 Å². The molecule has 2 fully saturated rings. The minimum Gasteiger partial charge on any atom is -0.379 e. The maximum absolute atomic E-state index is 13.5. The number of rotatable bonds is 11. The number of hydrogen-bond donors (Lipinski definition) is 0. The van der Waals surface area contributed by atoms with Crippen molar-refractivity contribution in [3.63, 3.8) is 0 Å². The third-order valence-electron chi connectivity index (χ3n) is 7.03. The molecular weight excluding hydrogens is 537 g/mol. The number of ether oxygens (including phenoxy) is 2. The molecule has 38 heavy (non-hydrogen) atoms. The largest absolute Gasteiger partial charge is 0.379 e. The van der Waals surface area contributed by atoms with E-state index in [1.807, 2.05) is 0 Å². The summed E-state index contributed by atoms with van der Waals surface area (Å²) in [5.74, 6) is -1.51. The van der Waals surface area contributed by atoms with Crippen LogP contribution in [0.3, 0.4) is 0 Å². The van der Waals surface area contributed by atoms with Gasteiger partial charge in [0, 0.05) is 62.2 Å². The fourth-order valence-corrected chi connectivity index (χ4v) is 4.90. The second-order valence-electron chi connectivity index (χ2n) is 9.54. The van der Waals surface area contributed by atoms with E-state index in [0.29, 0.717) is 63.5 Å². The summed E-state index contributed by atoms with van der Waals surface area (Å²) >= 11 is 0. The molecule has 6 nitrogen and oxygen atoms in total. The molecule has 10 heteroatoms. The number of ketones is 2. The van der Waals surface area contributed by atoms with E-state index in [9.17, 15) is 18.4 Å². The first-order chi connectivity index (χ1) is 17.5. The quantitative estimate of drug-likeness (QED) is 0.368. The van der Waals surface area contributed by atoms with Gasteiger partial charge in [-0.2, -0.15) is 0 Å². The molecule has 0 radical (unpaired) electrons. The zero-order valence-electron chi connectivity index (χ0n) is 21.4. The van der Waals surface area contributed by atoms with Crippen molar-refractivity contribution >= 4 is 36.4 Å². The lowest BCUT2D eigenvalue weighted by molar-refractivity contribution is 0.0254. The van der Waals surface area contributed by atoms with Gasteiger partial charge in [0.1, 0.15) is 11.6 Å². The van der Waals surface area contributed by atoms with Crippen LogP contribution in [0.4, 0.5) is 8.78 Å². The monoisotopic (exact) mass is 572 g/mol. The Kier molecular flexibility index (Phi) is 13.8. The number of nitrogens with zero attached hydrogens (tertiary/aromatic N) is 2. The number of Topliss-reactive ketones (excluding diaryl/α,β-unsaturated/α-hetero) is 2. The molecule has 0 N–H and O–H groups in total. The molecule has 210 valence electrons. The third-order valence-corrected chi connectivity index (χ3v) is 7.03. The summed E-state index contributed by atoms with van der Waals surface area (Å²) in [7, 11) is 0.